The first-order valence-corrected chi connectivity index (χ1v) is 12.1. The Kier molecular flexibility index (Phi) is 11.3. The van der Waals surface area contributed by atoms with Crippen LogP contribution in [0.15, 0.2) is 42.5 Å². The number of carbonyl (C=O) groups excluding carboxylic acids is 1. The molecule has 3 unspecified atom stereocenters. The van der Waals surface area contributed by atoms with Crippen LogP contribution < -0.4 is 10.6 Å². The highest BCUT2D eigenvalue weighted by Gasteiger charge is 2.31. The van der Waals surface area contributed by atoms with Crippen molar-refractivity contribution in [1.82, 2.24) is 15.2 Å². The highest BCUT2D eigenvalue weighted by Crippen LogP contribution is 2.31. The lowest BCUT2D eigenvalue weighted by Crippen LogP contribution is -2.45. The molecule has 3 atom stereocenters. The number of carboxylic acid groups (broad SMARTS) is 3. The first-order valence-electron chi connectivity index (χ1n) is 10.9. The van der Waals surface area contributed by atoms with E-state index >= 15 is 0 Å². The van der Waals surface area contributed by atoms with Crippen LogP contribution >= 0.6 is 25.3 Å². The molecule has 5 N–H and O–H groups in total. The van der Waals surface area contributed by atoms with Crippen LogP contribution in [0.25, 0.3) is 0 Å². The molecule has 0 saturated carbocycles. The lowest BCUT2D eigenvalue weighted by atomic mass is 10.1. The number of thiol groups is 2. The van der Waals surface area contributed by atoms with Gasteiger partial charge in [-0.1, -0.05) is 30.3 Å². The summed E-state index contributed by atoms with van der Waals surface area (Å²) in [6.45, 7) is 1.30. The van der Waals surface area contributed by atoms with E-state index in [0.29, 0.717) is 37.3 Å². The van der Waals surface area contributed by atoms with Gasteiger partial charge in [0.15, 0.2) is 0 Å². The topological polar surface area (TPSA) is 158 Å². The second-order valence-corrected chi connectivity index (χ2v) is 8.46. The van der Waals surface area contributed by atoms with Crippen LogP contribution in [-0.2, 0) is 20.9 Å². The largest absolute Gasteiger partial charge is 0.481 e. The molecular weight excluding hydrogens is 494 g/mol. The molecule has 3 rings (SSSR count). The minimum absolute atomic E-state index is 0.0575. The average Bonchev–Trinajstić information content (AvgIpc) is 3.44. The predicted octanol–water partition coefficient (Wildman–Crippen LogP) is 1.22. The van der Waals surface area contributed by atoms with Crippen molar-refractivity contribution in [1.29, 1.82) is 0 Å². The number of carbonyl (C=O) groups is 4. The number of aromatic nitrogens is 1. The fourth-order valence-electron chi connectivity index (χ4n) is 3.58. The van der Waals surface area contributed by atoms with E-state index in [4.69, 9.17) is 15.3 Å². The molecule has 0 aliphatic carbocycles. The summed E-state index contributed by atoms with van der Waals surface area (Å²) in [5.74, 6) is -2.95. The number of fused-ring (bicyclic) bond motifs is 1. The zero-order valence-electron chi connectivity index (χ0n) is 18.8. The predicted molar refractivity (Wildman–Crippen MR) is 136 cm³/mol. The zero-order valence-corrected chi connectivity index (χ0v) is 20.6. The van der Waals surface area contributed by atoms with Crippen molar-refractivity contribution in [3.63, 3.8) is 0 Å². The van der Waals surface area contributed by atoms with Crippen LogP contribution in [0.3, 0.4) is 0 Å². The third-order valence-electron chi connectivity index (χ3n) is 5.45. The van der Waals surface area contributed by atoms with Crippen molar-refractivity contribution in [2.75, 3.05) is 24.6 Å². The molecule has 1 aromatic carbocycles. The normalized spacial score (nSPS) is 15.9. The van der Waals surface area contributed by atoms with E-state index in [1.54, 1.807) is 24.3 Å². The summed E-state index contributed by atoms with van der Waals surface area (Å²) in [5.41, 5.74) is 1.93. The number of rotatable bonds is 12. The Morgan fingerprint density at radius 3 is 1.89 bits per heavy atom. The van der Waals surface area contributed by atoms with Gasteiger partial charge < -0.3 is 30.5 Å². The maximum absolute atomic E-state index is 12.4. The maximum Gasteiger partial charge on any atom is 0.321 e. The van der Waals surface area contributed by atoms with Crippen molar-refractivity contribution < 1.29 is 34.5 Å². The van der Waals surface area contributed by atoms with Gasteiger partial charge in [0, 0.05) is 42.4 Å². The van der Waals surface area contributed by atoms with Gasteiger partial charge in [0.2, 0.25) is 5.78 Å². The smallest absolute Gasteiger partial charge is 0.321 e. The standard InChI is InChI=1S/C15H13NO3.C8H16N2O4S2/c17-14(10-4-2-1-3-5-10)13-7-6-12-11(15(18)19)8-9-16(12)13;11-7(12)5(3-15)9-1-2-10-6(4-16)8(13)14/h1-7,11H,8-9H2,(H,18,19);5-6,9-10,15-16H,1-4H2,(H,11,12)(H,13,14). The summed E-state index contributed by atoms with van der Waals surface area (Å²) in [7, 11) is 0. The lowest BCUT2D eigenvalue weighted by Gasteiger charge is -2.14. The third kappa shape index (κ3) is 7.85. The third-order valence-corrected chi connectivity index (χ3v) is 6.18. The Morgan fingerprint density at radius 1 is 0.886 bits per heavy atom. The van der Waals surface area contributed by atoms with E-state index < -0.39 is 35.9 Å². The van der Waals surface area contributed by atoms with E-state index in [-0.39, 0.29) is 17.3 Å². The highest BCUT2D eigenvalue weighted by atomic mass is 32.1. The molecule has 12 heteroatoms. The Hall–Kier alpha value is -2.80. The monoisotopic (exact) mass is 523 g/mol. The second kappa shape index (κ2) is 13.9. The van der Waals surface area contributed by atoms with Crippen molar-refractivity contribution >= 4 is 48.9 Å². The Bertz CT molecular complexity index is 1010. The van der Waals surface area contributed by atoms with Crippen molar-refractivity contribution in [3.05, 3.63) is 59.4 Å². The van der Waals surface area contributed by atoms with Gasteiger partial charge in [-0.05, 0) is 18.6 Å². The van der Waals surface area contributed by atoms with Gasteiger partial charge in [0.05, 0.1) is 11.6 Å². The Labute approximate surface area is 213 Å². The van der Waals surface area contributed by atoms with E-state index in [9.17, 15) is 19.2 Å². The number of aliphatic carboxylic acids is 3. The summed E-state index contributed by atoms with van der Waals surface area (Å²) in [5, 5.41) is 31.9. The summed E-state index contributed by atoms with van der Waals surface area (Å²) in [6, 6.07) is 11.1. The van der Waals surface area contributed by atoms with Gasteiger partial charge in [-0.2, -0.15) is 25.3 Å². The molecule has 10 nitrogen and oxygen atoms in total. The fourth-order valence-corrected chi connectivity index (χ4v) is 4.15. The Morgan fingerprint density at radius 2 is 1.43 bits per heavy atom. The fraction of sp³-hybridized carbons (Fsp3) is 0.391. The minimum Gasteiger partial charge on any atom is -0.481 e. The molecule has 0 radical (unpaired) electrons. The molecule has 0 amide bonds. The molecular formula is C23H29N3O7S2. The lowest BCUT2D eigenvalue weighted by molar-refractivity contribution is -0.140. The van der Waals surface area contributed by atoms with Gasteiger partial charge in [0.1, 0.15) is 12.1 Å². The molecule has 0 fully saturated rings. The number of ketones is 1. The molecule has 0 saturated heterocycles. The number of nitrogens with zero attached hydrogens (tertiary/aromatic N) is 1. The van der Waals surface area contributed by atoms with E-state index in [1.807, 2.05) is 22.8 Å². The second-order valence-electron chi connectivity index (χ2n) is 7.72. The van der Waals surface area contributed by atoms with Gasteiger partial charge in [-0.25, -0.2) is 0 Å². The van der Waals surface area contributed by atoms with Gasteiger partial charge in [-0.3, -0.25) is 19.2 Å². The first-order chi connectivity index (χ1) is 16.7. The quantitative estimate of drug-likeness (QED) is 0.123. The molecule has 1 aliphatic heterocycles. The molecule has 1 aliphatic rings. The van der Waals surface area contributed by atoms with Crippen LogP contribution in [0.4, 0.5) is 0 Å². The van der Waals surface area contributed by atoms with Crippen LogP contribution in [0.5, 0.6) is 0 Å². The number of nitrogens with one attached hydrogen (secondary N) is 2. The summed E-state index contributed by atoms with van der Waals surface area (Å²) in [6.07, 6.45) is 0.556. The van der Waals surface area contributed by atoms with Crippen molar-refractivity contribution in [2.45, 2.75) is 31.0 Å². The molecule has 190 valence electrons. The van der Waals surface area contributed by atoms with Crippen LogP contribution in [0.2, 0.25) is 0 Å². The first kappa shape index (κ1) is 28.4. The number of hydrogen-bond acceptors (Lipinski definition) is 8. The number of benzene rings is 1. The van der Waals surface area contributed by atoms with Gasteiger partial charge >= 0.3 is 17.9 Å². The van der Waals surface area contributed by atoms with Crippen LogP contribution in [0.1, 0.15) is 34.1 Å². The van der Waals surface area contributed by atoms with Crippen molar-refractivity contribution in [2.24, 2.45) is 0 Å². The molecule has 0 bridgehead atoms. The average molecular weight is 524 g/mol. The summed E-state index contributed by atoms with van der Waals surface area (Å²) >= 11 is 7.76. The van der Waals surface area contributed by atoms with Crippen molar-refractivity contribution in [3.8, 4) is 0 Å². The van der Waals surface area contributed by atoms with Crippen LogP contribution in [-0.4, -0.2) is 80.3 Å². The molecule has 35 heavy (non-hydrogen) atoms. The number of hydrogen-bond donors (Lipinski definition) is 7. The molecule has 1 aromatic heterocycles. The Balaban J connectivity index is 0.000000252. The van der Waals surface area contributed by atoms with Gasteiger partial charge in [-0.15, -0.1) is 0 Å². The summed E-state index contributed by atoms with van der Waals surface area (Å²) in [4.78, 5) is 44.7. The van der Waals surface area contributed by atoms with E-state index in [1.165, 1.54) is 0 Å². The summed E-state index contributed by atoms with van der Waals surface area (Å²) < 4.78 is 1.83. The van der Waals surface area contributed by atoms with E-state index in [0.717, 1.165) is 5.69 Å². The SMILES string of the molecule is O=C(O)C(CS)NCCNC(CS)C(=O)O.O=C(c1ccccc1)c1ccc2n1CCC2C(=O)O. The zero-order chi connectivity index (χ0) is 26.0. The molecule has 0 spiro atoms. The van der Waals surface area contributed by atoms with Crippen LogP contribution in [0, 0.1) is 0 Å². The molecule has 2 aromatic rings. The maximum atomic E-state index is 12.4. The highest BCUT2D eigenvalue weighted by molar-refractivity contribution is 7.80. The van der Waals surface area contributed by atoms with Gasteiger partial charge in [0.25, 0.3) is 0 Å². The van der Waals surface area contributed by atoms with E-state index in [2.05, 4.69) is 35.9 Å². The molecule has 2 heterocycles. The minimum atomic E-state index is -0.973. The number of carboxylic acids is 3.